The lowest BCUT2D eigenvalue weighted by atomic mass is 10.1. The average Bonchev–Trinajstić information content (AvgIpc) is 3.27. The Morgan fingerprint density at radius 1 is 1.00 bits per heavy atom. The number of nitro benzene ring substituents is 1. The molecule has 0 atom stereocenters. The Bertz CT molecular complexity index is 1080. The minimum Gasteiger partial charge on any atom is -0.321 e. The summed E-state index contributed by atoms with van der Waals surface area (Å²) in [6.07, 6.45) is 0. The topological polar surface area (TPSA) is 114 Å². The molecule has 146 valence electrons. The van der Waals surface area contributed by atoms with Gasteiger partial charge >= 0.3 is 0 Å². The number of nitrogens with one attached hydrogen (secondary N) is 2. The average molecular weight is 408 g/mol. The van der Waals surface area contributed by atoms with Gasteiger partial charge in [-0.15, -0.1) is 11.3 Å². The number of carbonyl (C=O) groups is 2. The quantitative estimate of drug-likeness (QED) is 0.364. The molecule has 3 aromatic rings. The molecule has 0 radical (unpaired) electrons. The van der Waals surface area contributed by atoms with Crippen molar-refractivity contribution in [1.82, 2.24) is 5.43 Å². The van der Waals surface area contributed by atoms with Gasteiger partial charge in [-0.2, -0.15) is 5.10 Å². The summed E-state index contributed by atoms with van der Waals surface area (Å²) in [7, 11) is 0. The van der Waals surface area contributed by atoms with Crippen LogP contribution < -0.4 is 10.7 Å². The third-order valence-electron chi connectivity index (χ3n) is 3.96. The minimum atomic E-state index is -0.542. The zero-order valence-corrected chi connectivity index (χ0v) is 16.1. The van der Waals surface area contributed by atoms with E-state index in [0.717, 1.165) is 4.88 Å². The Morgan fingerprint density at radius 2 is 1.72 bits per heavy atom. The fourth-order valence-electron chi connectivity index (χ4n) is 2.45. The summed E-state index contributed by atoms with van der Waals surface area (Å²) in [5.74, 6) is -0.959. The van der Waals surface area contributed by atoms with E-state index in [1.54, 1.807) is 31.2 Å². The van der Waals surface area contributed by atoms with Crippen molar-refractivity contribution in [2.45, 2.75) is 6.92 Å². The summed E-state index contributed by atoms with van der Waals surface area (Å²) in [6.45, 7) is 1.79. The van der Waals surface area contributed by atoms with Gasteiger partial charge in [0.25, 0.3) is 17.5 Å². The first-order valence-electron chi connectivity index (χ1n) is 8.49. The molecule has 0 saturated carbocycles. The number of nitrogens with zero attached hydrogens (tertiary/aromatic N) is 2. The van der Waals surface area contributed by atoms with Crippen LogP contribution in [-0.2, 0) is 0 Å². The van der Waals surface area contributed by atoms with E-state index in [1.165, 1.54) is 35.6 Å². The van der Waals surface area contributed by atoms with Gasteiger partial charge < -0.3 is 5.32 Å². The number of anilines is 1. The maximum absolute atomic E-state index is 12.5. The summed E-state index contributed by atoms with van der Waals surface area (Å²) in [5.41, 5.74) is 3.82. The van der Waals surface area contributed by atoms with Gasteiger partial charge in [0.15, 0.2) is 0 Å². The molecule has 0 fully saturated rings. The normalized spacial score (nSPS) is 11.0. The highest BCUT2D eigenvalue weighted by molar-refractivity contribution is 7.12. The van der Waals surface area contributed by atoms with E-state index >= 15 is 0 Å². The second-order valence-electron chi connectivity index (χ2n) is 5.92. The number of carbonyl (C=O) groups excluding carboxylic acids is 2. The van der Waals surface area contributed by atoms with Crippen LogP contribution in [0.2, 0.25) is 0 Å². The summed E-state index contributed by atoms with van der Waals surface area (Å²) >= 11 is 1.51. The van der Waals surface area contributed by atoms with Crippen molar-refractivity contribution in [3.05, 3.63) is 92.2 Å². The zero-order chi connectivity index (χ0) is 20.8. The third-order valence-corrected chi connectivity index (χ3v) is 4.94. The first-order chi connectivity index (χ1) is 14.0. The highest BCUT2D eigenvalue weighted by Crippen LogP contribution is 2.18. The Kier molecular flexibility index (Phi) is 6.10. The molecule has 0 spiro atoms. The third kappa shape index (κ3) is 4.90. The number of thiophene rings is 1. The molecule has 3 rings (SSSR count). The van der Waals surface area contributed by atoms with Gasteiger partial charge in [-0.05, 0) is 42.6 Å². The van der Waals surface area contributed by atoms with Crippen LogP contribution in [0.25, 0.3) is 0 Å². The highest BCUT2D eigenvalue weighted by atomic mass is 32.1. The molecular formula is C20H16N4O4S. The second kappa shape index (κ2) is 8.89. The van der Waals surface area contributed by atoms with Gasteiger partial charge in [-0.25, -0.2) is 5.43 Å². The summed E-state index contributed by atoms with van der Waals surface area (Å²) in [5, 5.41) is 19.4. The number of amides is 2. The summed E-state index contributed by atoms with van der Waals surface area (Å²) < 4.78 is 0. The van der Waals surface area contributed by atoms with Gasteiger partial charge in [0.2, 0.25) is 0 Å². The molecule has 2 N–H and O–H groups in total. The molecule has 9 heteroatoms. The molecule has 0 aliphatic carbocycles. The Balaban J connectivity index is 1.74. The molecule has 0 saturated heterocycles. The summed E-state index contributed by atoms with van der Waals surface area (Å²) in [4.78, 5) is 36.1. The lowest BCUT2D eigenvalue weighted by Gasteiger charge is -2.10. The van der Waals surface area contributed by atoms with Crippen LogP contribution >= 0.6 is 11.3 Å². The van der Waals surface area contributed by atoms with Crippen LogP contribution in [0.5, 0.6) is 0 Å². The molecule has 2 aromatic carbocycles. The molecule has 8 nitrogen and oxygen atoms in total. The fourth-order valence-corrected chi connectivity index (χ4v) is 3.13. The molecule has 0 aliphatic heterocycles. The van der Waals surface area contributed by atoms with Crippen LogP contribution in [0.4, 0.5) is 11.4 Å². The number of para-hydroxylation sites is 1. The van der Waals surface area contributed by atoms with E-state index in [-0.39, 0.29) is 16.8 Å². The predicted molar refractivity (Wildman–Crippen MR) is 111 cm³/mol. The van der Waals surface area contributed by atoms with Crippen molar-refractivity contribution in [1.29, 1.82) is 0 Å². The van der Waals surface area contributed by atoms with E-state index in [2.05, 4.69) is 15.8 Å². The van der Waals surface area contributed by atoms with Gasteiger partial charge in [0, 0.05) is 22.6 Å². The van der Waals surface area contributed by atoms with Gasteiger partial charge in [0.1, 0.15) is 0 Å². The van der Waals surface area contributed by atoms with E-state index in [9.17, 15) is 19.7 Å². The van der Waals surface area contributed by atoms with Crippen LogP contribution in [0, 0.1) is 10.1 Å². The number of hydrogen-bond donors (Lipinski definition) is 2. The molecule has 1 aromatic heterocycles. The number of rotatable bonds is 6. The standard InChI is InChI=1S/C20H16N4O4S/c1-13(18-7-4-12-29-18)22-23-20(26)16-5-2-3-6-17(16)21-19(25)14-8-10-15(11-9-14)24(27)28/h2-12H,1H3,(H,21,25)(H,23,26)/b22-13-. The number of non-ortho nitro benzene ring substituents is 1. The van der Waals surface area contributed by atoms with Crippen molar-refractivity contribution in [3.8, 4) is 0 Å². The van der Waals surface area contributed by atoms with Gasteiger partial charge in [-0.1, -0.05) is 18.2 Å². The Hall–Kier alpha value is -3.85. The van der Waals surface area contributed by atoms with Crippen molar-refractivity contribution in [2.75, 3.05) is 5.32 Å². The zero-order valence-electron chi connectivity index (χ0n) is 15.3. The first-order valence-corrected chi connectivity index (χ1v) is 9.37. The lowest BCUT2D eigenvalue weighted by molar-refractivity contribution is -0.384. The molecule has 0 aliphatic rings. The lowest BCUT2D eigenvalue weighted by Crippen LogP contribution is -2.22. The van der Waals surface area contributed by atoms with Crippen LogP contribution in [0.15, 0.2) is 71.1 Å². The molecule has 2 amide bonds. The first kappa shape index (κ1) is 19.9. The monoisotopic (exact) mass is 408 g/mol. The molecular weight excluding hydrogens is 392 g/mol. The predicted octanol–water partition coefficient (Wildman–Crippen LogP) is 4.06. The van der Waals surface area contributed by atoms with E-state index in [1.807, 2.05) is 17.5 Å². The SMILES string of the molecule is C/C(=N/NC(=O)c1ccccc1NC(=O)c1ccc([N+](=O)[O-])cc1)c1cccs1. The number of hydrogen-bond acceptors (Lipinski definition) is 6. The highest BCUT2D eigenvalue weighted by Gasteiger charge is 2.15. The van der Waals surface area contributed by atoms with Crippen molar-refractivity contribution >= 4 is 40.2 Å². The number of hydrazone groups is 1. The van der Waals surface area contributed by atoms with Gasteiger partial charge in [0.05, 0.1) is 21.9 Å². The Labute approximate surface area is 170 Å². The van der Waals surface area contributed by atoms with Crippen LogP contribution in [-0.4, -0.2) is 22.4 Å². The van der Waals surface area contributed by atoms with Crippen molar-refractivity contribution in [2.24, 2.45) is 5.10 Å². The Morgan fingerprint density at radius 3 is 2.38 bits per heavy atom. The molecule has 1 heterocycles. The minimum absolute atomic E-state index is 0.111. The molecule has 29 heavy (non-hydrogen) atoms. The molecule has 0 unspecified atom stereocenters. The number of benzene rings is 2. The van der Waals surface area contributed by atoms with E-state index in [0.29, 0.717) is 11.4 Å². The smallest absolute Gasteiger partial charge is 0.273 e. The van der Waals surface area contributed by atoms with Crippen molar-refractivity contribution < 1.29 is 14.5 Å². The largest absolute Gasteiger partial charge is 0.321 e. The fraction of sp³-hybridized carbons (Fsp3) is 0.0500. The van der Waals surface area contributed by atoms with Crippen molar-refractivity contribution in [3.63, 3.8) is 0 Å². The maximum Gasteiger partial charge on any atom is 0.273 e. The van der Waals surface area contributed by atoms with Crippen LogP contribution in [0.1, 0.15) is 32.5 Å². The van der Waals surface area contributed by atoms with E-state index in [4.69, 9.17) is 0 Å². The molecule has 0 bridgehead atoms. The number of nitro groups is 1. The van der Waals surface area contributed by atoms with Gasteiger partial charge in [-0.3, -0.25) is 19.7 Å². The summed E-state index contributed by atoms with van der Waals surface area (Å²) in [6, 6.07) is 15.5. The second-order valence-corrected chi connectivity index (χ2v) is 6.87. The maximum atomic E-state index is 12.5. The van der Waals surface area contributed by atoms with Crippen LogP contribution in [0.3, 0.4) is 0 Å². The van der Waals surface area contributed by atoms with E-state index < -0.39 is 16.7 Å².